The molecule has 4 heteroatoms. The third-order valence-electron chi connectivity index (χ3n) is 3.37. The van der Waals surface area contributed by atoms with Crippen molar-refractivity contribution in [2.24, 2.45) is 0 Å². The Morgan fingerprint density at radius 2 is 2.20 bits per heavy atom. The summed E-state index contributed by atoms with van der Waals surface area (Å²) in [6.45, 7) is 6.31. The van der Waals surface area contributed by atoms with Crippen molar-refractivity contribution in [3.05, 3.63) is 35.6 Å². The molecule has 1 aliphatic heterocycles. The van der Waals surface area contributed by atoms with Crippen molar-refractivity contribution in [1.82, 2.24) is 4.90 Å². The second-order valence-electron chi connectivity index (χ2n) is 6.30. The van der Waals surface area contributed by atoms with Gasteiger partial charge in [0.25, 0.3) is 0 Å². The van der Waals surface area contributed by atoms with Crippen LogP contribution in [0.5, 0.6) is 0 Å². The fourth-order valence-corrected chi connectivity index (χ4v) is 2.54. The van der Waals surface area contributed by atoms with Gasteiger partial charge in [-0.3, -0.25) is 0 Å². The maximum Gasteiger partial charge on any atom is 0.410 e. The van der Waals surface area contributed by atoms with Crippen molar-refractivity contribution in [1.29, 1.82) is 0 Å². The molecule has 1 heterocycles. The van der Waals surface area contributed by atoms with Crippen molar-refractivity contribution < 1.29 is 13.9 Å². The molecule has 0 N–H and O–H groups in total. The van der Waals surface area contributed by atoms with Crippen molar-refractivity contribution >= 4 is 6.09 Å². The quantitative estimate of drug-likeness (QED) is 0.824. The Kier molecular flexibility index (Phi) is 4.31. The van der Waals surface area contributed by atoms with Gasteiger partial charge >= 0.3 is 6.09 Å². The average molecular weight is 279 g/mol. The maximum atomic E-state index is 13.2. The van der Waals surface area contributed by atoms with E-state index < -0.39 is 5.60 Å². The smallest absolute Gasteiger partial charge is 0.410 e. The van der Waals surface area contributed by atoms with Gasteiger partial charge in [0.15, 0.2) is 0 Å². The number of hydrogen-bond donors (Lipinski definition) is 0. The average Bonchev–Trinajstić information content (AvgIpc) is 2.75. The monoisotopic (exact) mass is 279 g/mol. The lowest BCUT2D eigenvalue weighted by Crippen LogP contribution is -2.40. The van der Waals surface area contributed by atoms with Gasteiger partial charge in [0.1, 0.15) is 11.4 Å². The highest BCUT2D eigenvalue weighted by molar-refractivity contribution is 5.69. The van der Waals surface area contributed by atoms with Crippen LogP contribution < -0.4 is 0 Å². The number of hydrogen-bond acceptors (Lipinski definition) is 2. The molecule has 1 amide bonds. The number of ether oxygens (including phenoxy) is 1. The Morgan fingerprint density at radius 1 is 1.45 bits per heavy atom. The SMILES string of the molecule is CC(C)(C)OC(=O)N1CCC[C@H]1Cc1cccc(F)c1. The molecule has 20 heavy (non-hydrogen) atoms. The van der Waals surface area contributed by atoms with E-state index in [1.54, 1.807) is 11.0 Å². The lowest BCUT2D eigenvalue weighted by Gasteiger charge is -2.28. The fourth-order valence-electron chi connectivity index (χ4n) is 2.54. The van der Waals surface area contributed by atoms with Gasteiger partial charge in [0.05, 0.1) is 0 Å². The zero-order valence-electron chi connectivity index (χ0n) is 12.4. The molecule has 0 aromatic heterocycles. The van der Waals surface area contributed by atoms with Crippen LogP contribution in [0.2, 0.25) is 0 Å². The third-order valence-corrected chi connectivity index (χ3v) is 3.37. The van der Waals surface area contributed by atoms with E-state index in [2.05, 4.69) is 0 Å². The molecular weight excluding hydrogens is 257 g/mol. The summed E-state index contributed by atoms with van der Waals surface area (Å²) in [5, 5.41) is 0. The van der Waals surface area contributed by atoms with E-state index in [0.717, 1.165) is 24.9 Å². The van der Waals surface area contributed by atoms with Gasteiger partial charge in [-0.25, -0.2) is 9.18 Å². The first-order chi connectivity index (χ1) is 9.35. The lowest BCUT2D eigenvalue weighted by atomic mass is 10.0. The summed E-state index contributed by atoms with van der Waals surface area (Å²) < 4.78 is 18.6. The summed E-state index contributed by atoms with van der Waals surface area (Å²) in [5.41, 5.74) is 0.439. The second-order valence-corrected chi connectivity index (χ2v) is 6.30. The number of likely N-dealkylation sites (tertiary alicyclic amines) is 1. The molecule has 0 saturated carbocycles. The molecule has 3 nitrogen and oxygen atoms in total. The van der Waals surface area contributed by atoms with E-state index in [4.69, 9.17) is 4.74 Å². The molecule has 1 atom stereocenters. The fraction of sp³-hybridized carbons (Fsp3) is 0.562. The third kappa shape index (κ3) is 3.95. The summed E-state index contributed by atoms with van der Waals surface area (Å²) in [6.07, 6.45) is 2.32. The highest BCUT2D eigenvalue weighted by Crippen LogP contribution is 2.23. The second kappa shape index (κ2) is 5.81. The van der Waals surface area contributed by atoms with E-state index in [-0.39, 0.29) is 18.0 Å². The number of halogens is 1. The summed E-state index contributed by atoms with van der Waals surface area (Å²) in [5.74, 6) is -0.232. The van der Waals surface area contributed by atoms with E-state index in [1.807, 2.05) is 26.8 Å². The van der Waals surface area contributed by atoms with E-state index in [1.165, 1.54) is 12.1 Å². The molecular formula is C16H22FNO2. The van der Waals surface area contributed by atoms with Crippen LogP contribution in [0.15, 0.2) is 24.3 Å². The predicted molar refractivity (Wildman–Crippen MR) is 76.1 cm³/mol. The first-order valence-corrected chi connectivity index (χ1v) is 7.09. The molecule has 0 aliphatic carbocycles. The van der Waals surface area contributed by atoms with Crippen LogP contribution in [-0.2, 0) is 11.2 Å². The summed E-state index contributed by atoms with van der Waals surface area (Å²) in [4.78, 5) is 13.9. The summed E-state index contributed by atoms with van der Waals surface area (Å²) >= 11 is 0. The zero-order valence-corrected chi connectivity index (χ0v) is 12.4. The van der Waals surface area contributed by atoms with Gasteiger partial charge in [-0.05, 0) is 57.7 Å². The Bertz CT molecular complexity index is 482. The van der Waals surface area contributed by atoms with Crippen molar-refractivity contribution in [3.63, 3.8) is 0 Å². The molecule has 1 fully saturated rings. The van der Waals surface area contributed by atoms with Crippen LogP contribution in [0.3, 0.4) is 0 Å². The van der Waals surface area contributed by atoms with Crippen LogP contribution in [-0.4, -0.2) is 29.2 Å². The van der Waals surface area contributed by atoms with Gasteiger partial charge in [-0.2, -0.15) is 0 Å². The topological polar surface area (TPSA) is 29.5 Å². The number of amides is 1. The number of nitrogens with zero attached hydrogens (tertiary/aromatic N) is 1. The molecule has 0 radical (unpaired) electrons. The molecule has 1 aromatic rings. The molecule has 2 rings (SSSR count). The van der Waals surface area contributed by atoms with Gasteiger partial charge in [-0.1, -0.05) is 12.1 Å². The van der Waals surface area contributed by atoms with Gasteiger partial charge in [-0.15, -0.1) is 0 Å². The Labute approximate surface area is 119 Å². The standard InChI is InChI=1S/C16H22FNO2/c1-16(2,3)20-15(19)18-9-5-8-14(18)11-12-6-4-7-13(17)10-12/h4,6-7,10,14H,5,8-9,11H2,1-3H3/t14-/m0/s1. The highest BCUT2D eigenvalue weighted by Gasteiger charge is 2.32. The van der Waals surface area contributed by atoms with Crippen LogP contribution >= 0.6 is 0 Å². The Balaban J connectivity index is 2.02. The summed E-state index contributed by atoms with van der Waals surface area (Å²) in [6, 6.07) is 6.67. The van der Waals surface area contributed by atoms with E-state index in [9.17, 15) is 9.18 Å². The number of carbonyl (C=O) groups is 1. The minimum Gasteiger partial charge on any atom is -0.444 e. The van der Waals surface area contributed by atoms with Crippen LogP contribution in [0.1, 0.15) is 39.2 Å². The first kappa shape index (κ1) is 14.8. The van der Waals surface area contributed by atoms with Crippen molar-refractivity contribution in [3.8, 4) is 0 Å². The molecule has 0 bridgehead atoms. The lowest BCUT2D eigenvalue weighted by molar-refractivity contribution is 0.0227. The normalized spacial score (nSPS) is 19.2. The largest absolute Gasteiger partial charge is 0.444 e. The number of benzene rings is 1. The van der Waals surface area contributed by atoms with E-state index >= 15 is 0 Å². The number of carbonyl (C=O) groups excluding carboxylic acids is 1. The number of rotatable bonds is 2. The first-order valence-electron chi connectivity index (χ1n) is 7.09. The van der Waals surface area contributed by atoms with Crippen LogP contribution in [0, 0.1) is 5.82 Å². The molecule has 110 valence electrons. The van der Waals surface area contributed by atoms with Crippen LogP contribution in [0.4, 0.5) is 9.18 Å². The molecule has 1 aliphatic rings. The van der Waals surface area contributed by atoms with Gasteiger partial charge < -0.3 is 9.64 Å². The maximum absolute atomic E-state index is 13.2. The zero-order chi connectivity index (χ0) is 14.8. The minimum atomic E-state index is -0.483. The molecule has 0 spiro atoms. The summed E-state index contributed by atoms with van der Waals surface area (Å²) in [7, 11) is 0. The molecule has 1 aromatic carbocycles. The van der Waals surface area contributed by atoms with Crippen molar-refractivity contribution in [2.45, 2.75) is 51.7 Å². The van der Waals surface area contributed by atoms with Gasteiger partial charge in [0.2, 0.25) is 0 Å². The predicted octanol–water partition coefficient (Wildman–Crippen LogP) is 3.77. The van der Waals surface area contributed by atoms with Gasteiger partial charge in [0, 0.05) is 12.6 Å². The molecule has 0 unspecified atom stereocenters. The van der Waals surface area contributed by atoms with Crippen molar-refractivity contribution in [2.75, 3.05) is 6.54 Å². The highest BCUT2D eigenvalue weighted by atomic mass is 19.1. The minimum absolute atomic E-state index is 0.103. The Hall–Kier alpha value is -1.58. The Morgan fingerprint density at radius 3 is 2.85 bits per heavy atom. The van der Waals surface area contributed by atoms with E-state index in [0.29, 0.717) is 6.42 Å². The molecule has 1 saturated heterocycles. The van der Waals surface area contributed by atoms with Crippen LogP contribution in [0.25, 0.3) is 0 Å².